The summed E-state index contributed by atoms with van der Waals surface area (Å²) >= 11 is 7.64. The fourth-order valence-corrected chi connectivity index (χ4v) is 6.01. The average molecular weight is 709 g/mol. The molecular weight excluding hydrogens is 671 g/mol. The number of para-hydroxylation sites is 1. The molecule has 3 atom stereocenters. The standard InChI is InChI=1S/C30H37IN2O6SSi/c1-20-17-32(28(35)33(27(20)34)18-21-12-8-7-9-13-21)26-16-24(25(37-26)19-36-41(5,6)30(2,3)4)39-29(40)38-23-15-11-10-14-22(23)31/h7-15,17,24-26H,16,18-19H2,1-6H3/t24-,25+,26+/m0/s1. The van der Waals surface area contributed by atoms with Gasteiger partial charge in [0.05, 0.1) is 16.7 Å². The average Bonchev–Trinajstić information content (AvgIpc) is 3.31. The Hall–Kier alpha value is -2.32. The van der Waals surface area contributed by atoms with Crippen LogP contribution in [0.3, 0.4) is 0 Å². The van der Waals surface area contributed by atoms with Gasteiger partial charge in [0.1, 0.15) is 24.2 Å². The van der Waals surface area contributed by atoms with Crippen LogP contribution in [0.15, 0.2) is 70.4 Å². The Morgan fingerprint density at radius 1 is 1.10 bits per heavy atom. The Bertz CT molecular complexity index is 1500. The first-order chi connectivity index (χ1) is 19.3. The van der Waals surface area contributed by atoms with Crippen LogP contribution in [0.1, 0.15) is 44.5 Å². The molecule has 0 aliphatic carbocycles. The molecule has 0 saturated carbocycles. The lowest BCUT2D eigenvalue weighted by atomic mass is 10.2. The lowest BCUT2D eigenvalue weighted by molar-refractivity contribution is -0.0433. The van der Waals surface area contributed by atoms with Crippen molar-refractivity contribution in [3.05, 3.63) is 96.3 Å². The minimum absolute atomic E-state index is 0.00472. The van der Waals surface area contributed by atoms with Gasteiger partial charge in [-0.1, -0.05) is 63.2 Å². The van der Waals surface area contributed by atoms with Crippen molar-refractivity contribution in [2.45, 2.75) is 77.2 Å². The van der Waals surface area contributed by atoms with Gasteiger partial charge in [0.2, 0.25) is 0 Å². The highest BCUT2D eigenvalue weighted by molar-refractivity contribution is 14.1. The number of hydrogen-bond acceptors (Lipinski definition) is 7. The van der Waals surface area contributed by atoms with Crippen molar-refractivity contribution >= 4 is 48.4 Å². The molecule has 1 saturated heterocycles. The number of rotatable bonds is 8. The van der Waals surface area contributed by atoms with E-state index in [1.54, 1.807) is 13.1 Å². The number of thiocarbonyl (C=S) groups is 1. The van der Waals surface area contributed by atoms with Crippen LogP contribution in [0.5, 0.6) is 5.75 Å². The number of hydrogen-bond donors (Lipinski definition) is 0. The maximum Gasteiger partial charge on any atom is 0.358 e. The van der Waals surface area contributed by atoms with E-state index in [0.29, 0.717) is 17.7 Å². The highest BCUT2D eigenvalue weighted by Gasteiger charge is 2.43. The van der Waals surface area contributed by atoms with Gasteiger partial charge >= 0.3 is 10.9 Å². The van der Waals surface area contributed by atoms with E-state index in [2.05, 4.69) is 56.5 Å². The highest BCUT2D eigenvalue weighted by atomic mass is 127. The third-order valence-corrected chi connectivity index (χ3v) is 13.3. The summed E-state index contributed by atoms with van der Waals surface area (Å²) in [5, 5.41) is -0.0247. The van der Waals surface area contributed by atoms with Crippen molar-refractivity contribution in [2.24, 2.45) is 0 Å². The van der Waals surface area contributed by atoms with Crippen LogP contribution < -0.4 is 16.0 Å². The summed E-state index contributed by atoms with van der Waals surface area (Å²) < 4.78 is 28.5. The summed E-state index contributed by atoms with van der Waals surface area (Å²) in [6, 6.07) is 16.9. The van der Waals surface area contributed by atoms with E-state index in [-0.39, 0.29) is 29.0 Å². The van der Waals surface area contributed by atoms with Crippen LogP contribution in [0.2, 0.25) is 18.1 Å². The molecule has 1 aromatic heterocycles. The third-order valence-electron chi connectivity index (χ3n) is 7.73. The molecule has 1 aliphatic rings. The number of nitrogens with zero attached hydrogens (tertiary/aromatic N) is 2. The molecule has 2 aromatic carbocycles. The Balaban J connectivity index is 1.61. The summed E-state index contributed by atoms with van der Waals surface area (Å²) in [5.41, 5.74) is 0.527. The van der Waals surface area contributed by atoms with Crippen molar-refractivity contribution in [2.75, 3.05) is 6.61 Å². The van der Waals surface area contributed by atoms with Crippen molar-refractivity contribution in [3.63, 3.8) is 0 Å². The summed E-state index contributed by atoms with van der Waals surface area (Å²) in [4.78, 5) is 26.6. The molecule has 1 aliphatic heterocycles. The maximum absolute atomic E-state index is 13.6. The number of ether oxygens (including phenoxy) is 3. The first-order valence-corrected chi connectivity index (χ1v) is 18.0. The first kappa shape index (κ1) is 31.6. The van der Waals surface area contributed by atoms with Crippen LogP contribution in [0, 0.1) is 10.5 Å². The molecule has 0 radical (unpaired) electrons. The number of aryl methyl sites for hydroxylation is 1. The van der Waals surface area contributed by atoms with E-state index < -0.39 is 32.4 Å². The topological polar surface area (TPSA) is 80.9 Å². The van der Waals surface area contributed by atoms with Gasteiger partial charge in [-0.2, -0.15) is 0 Å². The summed E-state index contributed by atoms with van der Waals surface area (Å²) in [6.07, 6.45) is 0.171. The molecule has 0 bridgehead atoms. The molecule has 2 heterocycles. The third kappa shape index (κ3) is 7.55. The molecule has 1 fully saturated rings. The van der Waals surface area contributed by atoms with Gasteiger partial charge in [0.25, 0.3) is 5.56 Å². The zero-order valence-electron chi connectivity index (χ0n) is 24.3. The molecule has 4 rings (SSSR count). The van der Waals surface area contributed by atoms with E-state index in [1.807, 2.05) is 54.6 Å². The van der Waals surface area contributed by atoms with Crippen LogP contribution in [-0.4, -0.2) is 41.5 Å². The highest BCUT2D eigenvalue weighted by Crippen LogP contribution is 2.38. The van der Waals surface area contributed by atoms with Gasteiger partial charge in [-0.05, 0) is 65.3 Å². The molecule has 220 valence electrons. The molecule has 0 unspecified atom stereocenters. The fourth-order valence-electron chi connectivity index (χ4n) is 4.29. The molecule has 3 aromatic rings. The molecule has 0 spiro atoms. The van der Waals surface area contributed by atoms with E-state index in [9.17, 15) is 9.59 Å². The van der Waals surface area contributed by atoms with Gasteiger partial charge in [-0.25, -0.2) is 4.79 Å². The zero-order valence-corrected chi connectivity index (χ0v) is 28.2. The van der Waals surface area contributed by atoms with Crippen LogP contribution in [-0.2, 0) is 20.4 Å². The van der Waals surface area contributed by atoms with Gasteiger partial charge in [0, 0.05) is 30.4 Å². The Morgan fingerprint density at radius 2 is 1.76 bits per heavy atom. The van der Waals surface area contributed by atoms with E-state index in [0.717, 1.165) is 9.13 Å². The molecular formula is C30H37IN2O6SSi. The second-order valence-corrected chi connectivity index (χ2v) is 18.1. The molecule has 0 amide bonds. The van der Waals surface area contributed by atoms with E-state index in [1.165, 1.54) is 9.13 Å². The SMILES string of the molecule is Cc1cn([C@H]2C[C@H](OC(=S)Oc3ccccc3I)[C@@H](CO[Si](C)(C)C(C)(C)C)O2)c(=O)n(Cc2ccccc2)c1=O. The van der Waals surface area contributed by atoms with E-state index >= 15 is 0 Å². The van der Waals surface area contributed by atoms with Gasteiger partial charge < -0.3 is 18.6 Å². The number of aromatic nitrogens is 2. The summed E-state index contributed by atoms with van der Waals surface area (Å²) in [5.74, 6) is 0.600. The van der Waals surface area contributed by atoms with Crippen LogP contribution in [0.25, 0.3) is 0 Å². The predicted octanol–water partition coefficient (Wildman–Crippen LogP) is 6.03. The molecule has 41 heavy (non-hydrogen) atoms. The first-order valence-electron chi connectivity index (χ1n) is 13.6. The van der Waals surface area contributed by atoms with Crippen LogP contribution >= 0.6 is 34.8 Å². The second-order valence-electron chi connectivity index (χ2n) is 11.8. The quantitative estimate of drug-likeness (QED) is 0.161. The number of benzene rings is 2. The van der Waals surface area contributed by atoms with Crippen molar-refractivity contribution in [3.8, 4) is 5.75 Å². The van der Waals surface area contributed by atoms with E-state index in [4.69, 9.17) is 30.9 Å². The van der Waals surface area contributed by atoms with Crippen molar-refractivity contribution in [1.29, 1.82) is 0 Å². The smallest absolute Gasteiger partial charge is 0.358 e. The molecule has 11 heteroatoms. The number of halogens is 1. The zero-order chi connectivity index (χ0) is 29.9. The Kier molecular flexibility index (Phi) is 9.95. The van der Waals surface area contributed by atoms with Gasteiger partial charge in [0.15, 0.2) is 8.32 Å². The Labute approximate surface area is 260 Å². The Morgan fingerprint density at radius 3 is 2.41 bits per heavy atom. The minimum atomic E-state index is -2.11. The fraction of sp³-hybridized carbons (Fsp3) is 0.433. The van der Waals surface area contributed by atoms with Crippen molar-refractivity contribution < 1.29 is 18.6 Å². The maximum atomic E-state index is 13.6. The minimum Gasteiger partial charge on any atom is -0.450 e. The molecule has 0 N–H and O–H groups in total. The van der Waals surface area contributed by atoms with Crippen molar-refractivity contribution in [1.82, 2.24) is 9.13 Å². The molecule has 8 nitrogen and oxygen atoms in total. The van der Waals surface area contributed by atoms with Crippen LogP contribution in [0.4, 0.5) is 0 Å². The second kappa shape index (κ2) is 12.9. The lowest BCUT2D eigenvalue weighted by Gasteiger charge is -2.37. The van der Waals surface area contributed by atoms with Gasteiger partial charge in [-0.15, -0.1) is 0 Å². The summed E-state index contributed by atoms with van der Waals surface area (Å²) in [6.45, 7) is 13.0. The largest absolute Gasteiger partial charge is 0.450 e. The van der Waals surface area contributed by atoms with Gasteiger partial charge in [-0.3, -0.25) is 13.9 Å². The normalized spacial score (nSPS) is 19.2. The predicted molar refractivity (Wildman–Crippen MR) is 174 cm³/mol. The summed E-state index contributed by atoms with van der Waals surface area (Å²) in [7, 11) is -2.11. The lowest BCUT2D eigenvalue weighted by Crippen LogP contribution is -2.44. The monoisotopic (exact) mass is 708 g/mol.